The van der Waals surface area contributed by atoms with E-state index in [0.717, 1.165) is 0 Å². The minimum Gasteiger partial charge on any atom is -0.366 e. The molecule has 0 aromatic carbocycles. The van der Waals surface area contributed by atoms with Gasteiger partial charge in [0.05, 0.1) is 25.0 Å². The fourth-order valence-electron chi connectivity index (χ4n) is 1.44. The summed E-state index contributed by atoms with van der Waals surface area (Å²) in [7, 11) is 0. The molecule has 25 heavy (non-hydrogen) atoms. The van der Waals surface area contributed by atoms with Crippen LogP contribution >= 0.6 is 0 Å². The Morgan fingerprint density at radius 2 is 0.840 bits per heavy atom. The van der Waals surface area contributed by atoms with E-state index in [1.807, 2.05) is 0 Å². The molecular formula is C12H10F12O. The number of hydrogen-bond donors (Lipinski definition) is 0. The van der Waals surface area contributed by atoms with E-state index in [2.05, 4.69) is 4.74 Å². The summed E-state index contributed by atoms with van der Waals surface area (Å²) in [5.41, 5.74) is 0. The van der Waals surface area contributed by atoms with Crippen LogP contribution in [-0.2, 0) is 4.74 Å². The van der Waals surface area contributed by atoms with Gasteiger partial charge in [-0.05, 0) is 0 Å². The van der Waals surface area contributed by atoms with Gasteiger partial charge in [0.2, 0.25) is 0 Å². The molecule has 0 aromatic heterocycles. The van der Waals surface area contributed by atoms with Crippen molar-refractivity contribution >= 4 is 0 Å². The third-order valence-corrected chi connectivity index (χ3v) is 2.21. The Bertz CT molecular complexity index is 409. The largest absolute Gasteiger partial charge is 0.409 e. The maximum Gasteiger partial charge on any atom is 0.409 e. The molecule has 0 aromatic rings. The van der Waals surface area contributed by atoms with Crippen molar-refractivity contribution in [1.82, 2.24) is 0 Å². The highest BCUT2D eigenvalue weighted by molar-refractivity contribution is 5.00. The number of hydrogen-bond acceptors (Lipinski definition) is 1. The predicted octanol–water partition coefficient (Wildman–Crippen LogP) is 5.88. The summed E-state index contributed by atoms with van der Waals surface area (Å²) in [6, 6.07) is 0. The van der Waals surface area contributed by atoms with Crippen LogP contribution in [0, 0.1) is 0 Å². The first-order chi connectivity index (χ1) is 10.9. The third-order valence-electron chi connectivity index (χ3n) is 2.21. The van der Waals surface area contributed by atoms with E-state index in [1.165, 1.54) is 0 Å². The first kappa shape index (κ1) is 23.6. The van der Waals surface area contributed by atoms with Gasteiger partial charge in [0.1, 0.15) is 0 Å². The zero-order valence-electron chi connectivity index (χ0n) is 11.8. The Balaban J connectivity index is 5.41. The molecule has 0 saturated heterocycles. The monoisotopic (exact) mass is 398 g/mol. The van der Waals surface area contributed by atoms with Gasteiger partial charge in [0.15, 0.2) is 0 Å². The molecule has 148 valence electrons. The molecule has 0 heterocycles. The number of alkyl halides is 12. The Kier molecular flexibility index (Phi) is 7.85. The normalized spacial score (nSPS) is 17.4. The molecule has 0 bridgehead atoms. The van der Waals surface area contributed by atoms with Crippen LogP contribution in [0.3, 0.4) is 0 Å². The van der Waals surface area contributed by atoms with Crippen molar-refractivity contribution in [1.29, 1.82) is 0 Å². The highest BCUT2D eigenvalue weighted by atomic mass is 19.4. The zero-order chi connectivity index (χ0) is 20.1. The molecule has 2 atom stereocenters. The van der Waals surface area contributed by atoms with Gasteiger partial charge in [-0.25, -0.2) is 0 Å². The van der Waals surface area contributed by atoms with Gasteiger partial charge < -0.3 is 4.74 Å². The van der Waals surface area contributed by atoms with Gasteiger partial charge in [-0.15, -0.1) is 0 Å². The fraction of sp³-hybridized carbons (Fsp3) is 0.667. The maximum absolute atomic E-state index is 12.3. The van der Waals surface area contributed by atoms with Crippen molar-refractivity contribution in [3.63, 3.8) is 0 Å². The lowest BCUT2D eigenvalue weighted by atomic mass is 10.1. The van der Waals surface area contributed by atoms with Crippen LogP contribution in [0.2, 0.25) is 0 Å². The van der Waals surface area contributed by atoms with E-state index in [1.54, 1.807) is 0 Å². The molecule has 0 aliphatic heterocycles. The van der Waals surface area contributed by atoms with Crippen LogP contribution in [0.4, 0.5) is 52.7 Å². The van der Waals surface area contributed by atoms with Gasteiger partial charge in [-0.3, -0.25) is 0 Å². The molecule has 13 heteroatoms. The molecule has 0 N–H and O–H groups in total. The SMILES string of the molecule is FC(F)(F)C=CC(CC(F)(F)F)OC(C=CC(F)(F)F)CC(F)(F)F. The Morgan fingerprint density at radius 3 is 1.04 bits per heavy atom. The van der Waals surface area contributed by atoms with Gasteiger partial charge in [-0.2, -0.15) is 52.7 Å². The predicted molar refractivity (Wildman–Crippen MR) is 60.4 cm³/mol. The van der Waals surface area contributed by atoms with Crippen molar-refractivity contribution < 1.29 is 57.4 Å². The molecule has 2 unspecified atom stereocenters. The van der Waals surface area contributed by atoms with Crippen molar-refractivity contribution in [3.05, 3.63) is 24.3 Å². The van der Waals surface area contributed by atoms with Crippen LogP contribution in [0.1, 0.15) is 12.8 Å². The Hall–Kier alpha value is -1.40. The summed E-state index contributed by atoms with van der Waals surface area (Å²) in [5, 5.41) is 0. The molecule has 0 amide bonds. The zero-order valence-corrected chi connectivity index (χ0v) is 11.8. The number of halogens is 12. The molecule has 0 aliphatic carbocycles. The second-order valence-electron chi connectivity index (χ2n) is 4.65. The van der Waals surface area contributed by atoms with E-state index in [9.17, 15) is 52.7 Å². The highest BCUT2D eigenvalue weighted by Gasteiger charge is 2.37. The number of ether oxygens (including phenoxy) is 1. The van der Waals surface area contributed by atoms with Gasteiger partial charge in [0.25, 0.3) is 0 Å². The Labute approximate surface area is 132 Å². The molecule has 0 rings (SSSR count). The van der Waals surface area contributed by atoms with Crippen LogP contribution in [-0.4, -0.2) is 36.9 Å². The summed E-state index contributed by atoms with van der Waals surface area (Å²) >= 11 is 0. The smallest absolute Gasteiger partial charge is 0.366 e. The number of allylic oxidation sites excluding steroid dienone is 2. The van der Waals surface area contributed by atoms with Crippen molar-refractivity contribution in [2.45, 2.75) is 49.8 Å². The van der Waals surface area contributed by atoms with Crippen molar-refractivity contribution in [2.24, 2.45) is 0 Å². The molecule has 1 nitrogen and oxygen atoms in total. The maximum atomic E-state index is 12.3. The second-order valence-corrected chi connectivity index (χ2v) is 4.65. The van der Waals surface area contributed by atoms with Gasteiger partial charge in [-0.1, -0.05) is 12.2 Å². The Morgan fingerprint density at radius 1 is 0.560 bits per heavy atom. The first-order valence-electron chi connectivity index (χ1n) is 6.17. The highest BCUT2D eigenvalue weighted by Crippen LogP contribution is 2.30. The lowest BCUT2D eigenvalue weighted by Gasteiger charge is -2.23. The van der Waals surface area contributed by atoms with Crippen LogP contribution in [0.5, 0.6) is 0 Å². The lowest BCUT2D eigenvalue weighted by molar-refractivity contribution is -0.177. The van der Waals surface area contributed by atoms with E-state index in [4.69, 9.17) is 0 Å². The number of rotatable bonds is 6. The lowest BCUT2D eigenvalue weighted by Crippen LogP contribution is -2.29. The fourth-order valence-corrected chi connectivity index (χ4v) is 1.44. The summed E-state index contributed by atoms with van der Waals surface area (Å²) in [6.07, 6.45) is -31.6. The van der Waals surface area contributed by atoms with Gasteiger partial charge >= 0.3 is 24.7 Å². The molecular weight excluding hydrogens is 388 g/mol. The minimum atomic E-state index is -5.13. The topological polar surface area (TPSA) is 9.23 Å². The van der Waals surface area contributed by atoms with Crippen LogP contribution < -0.4 is 0 Å². The van der Waals surface area contributed by atoms with E-state index >= 15 is 0 Å². The van der Waals surface area contributed by atoms with E-state index in [-0.39, 0.29) is 12.2 Å². The third kappa shape index (κ3) is 15.8. The summed E-state index contributed by atoms with van der Waals surface area (Å²) < 4.78 is 150. The molecule has 0 saturated carbocycles. The molecule has 0 spiro atoms. The first-order valence-corrected chi connectivity index (χ1v) is 6.17. The average Bonchev–Trinajstić information content (AvgIpc) is 2.27. The van der Waals surface area contributed by atoms with Crippen LogP contribution in [0.25, 0.3) is 0 Å². The summed E-state index contributed by atoms with van der Waals surface area (Å²) in [6.45, 7) is 0. The summed E-state index contributed by atoms with van der Waals surface area (Å²) in [4.78, 5) is 0. The second kappa shape index (κ2) is 8.32. The standard InChI is InChI=1S/C12H10F12O/c13-9(14,15)3-1-7(5-11(19,20)21)25-8(6-12(22,23)24)2-4-10(16,17)18/h1-4,7-8H,5-6H2. The summed E-state index contributed by atoms with van der Waals surface area (Å²) in [5.74, 6) is 0. The van der Waals surface area contributed by atoms with Crippen molar-refractivity contribution in [2.75, 3.05) is 0 Å². The van der Waals surface area contributed by atoms with Gasteiger partial charge in [0, 0.05) is 12.2 Å². The average molecular weight is 398 g/mol. The van der Waals surface area contributed by atoms with Crippen molar-refractivity contribution in [3.8, 4) is 0 Å². The van der Waals surface area contributed by atoms with E-state index < -0.39 is 61.9 Å². The van der Waals surface area contributed by atoms with Crippen LogP contribution in [0.15, 0.2) is 24.3 Å². The molecule has 0 fully saturated rings. The quantitative estimate of drug-likeness (QED) is 0.401. The minimum absolute atomic E-state index is 0.210. The molecule has 0 aliphatic rings. The molecule has 0 radical (unpaired) electrons. The van der Waals surface area contributed by atoms with E-state index in [0.29, 0.717) is 0 Å².